The van der Waals surface area contributed by atoms with Crippen LogP contribution in [0.15, 0.2) is 24.8 Å². The van der Waals surface area contributed by atoms with E-state index in [1.54, 1.807) is 18.2 Å². The average Bonchev–Trinajstić information content (AvgIpc) is 2.15. The van der Waals surface area contributed by atoms with E-state index in [1.165, 1.54) is 0 Å². The van der Waals surface area contributed by atoms with E-state index in [0.29, 0.717) is 5.75 Å². The first kappa shape index (κ1) is 12.9. The van der Waals surface area contributed by atoms with Crippen LogP contribution < -0.4 is 4.52 Å². The molecule has 0 fully saturated rings. The molecule has 0 aliphatic rings. The molecule has 1 aromatic carbocycles. The van der Waals surface area contributed by atoms with Crippen LogP contribution in [-0.2, 0) is 9.98 Å². The molecule has 0 bridgehead atoms. The van der Waals surface area contributed by atoms with Crippen molar-refractivity contribution in [3.05, 3.63) is 35.9 Å². The summed E-state index contributed by atoms with van der Waals surface area (Å²) in [5.74, 6) is 0.446. The molecule has 0 saturated heterocycles. The lowest BCUT2D eigenvalue weighted by Gasteiger charge is -2.20. The van der Waals surface area contributed by atoms with Crippen LogP contribution in [0.1, 0.15) is 31.9 Å². The summed E-state index contributed by atoms with van der Waals surface area (Å²) in [6.45, 7) is 9.76. The number of rotatable bonds is 3. The minimum Gasteiger partial charge on any atom is -0.229 e. The molecule has 16 heavy (non-hydrogen) atoms. The van der Waals surface area contributed by atoms with Gasteiger partial charge >= 0.3 is 8.25 Å². The summed E-state index contributed by atoms with van der Waals surface area (Å²) in [5.41, 5.74) is 1.70. The van der Waals surface area contributed by atoms with E-state index in [9.17, 15) is 4.57 Å². The van der Waals surface area contributed by atoms with Gasteiger partial charge in [-0.05, 0) is 23.1 Å². The molecule has 4 heteroatoms. The van der Waals surface area contributed by atoms with Crippen molar-refractivity contribution >= 4 is 14.3 Å². The normalized spacial score (nSPS) is 12.1. The topological polar surface area (TPSA) is 46.5 Å². The minimum atomic E-state index is -2.63. The van der Waals surface area contributed by atoms with Gasteiger partial charge in [0.15, 0.2) is 5.75 Å². The second-order valence-corrected chi connectivity index (χ2v) is 5.20. The van der Waals surface area contributed by atoms with Crippen molar-refractivity contribution in [3.8, 4) is 5.75 Å². The summed E-state index contributed by atoms with van der Waals surface area (Å²) in [6.07, 6.45) is 1.73. The molecule has 0 amide bonds. The van der Waals surface area contributed by atoms with Gasteiger partial charge < -0.3 is 0 Å². The summed E-state index contributed by atoms with van der Waals surface area (Å²) in [7, 11) is -2.63. The van der Waals surface area contributed by atoms with Crippen molar-refractivity contribution in [3.63, 3.8) is 0 Å². The van der Waals surface area contributed by atoms with Crippen LogP contribution in [0.25, 0.3) is 6.08 Å². The number of hydrogen-bond acceptors (Lipinski definition) is 2. The Bertz CT molecular complexity index is 419. The molecule has 1 rings (SSSR count). The molecular formula is C12H16O3P+. The molecule has 0 aliphatic carbocycles. The van der Waals surface area contributed by atoms with E-state index in [4.69, 9.17) is 9.42 Å². The van der Waals surface area contributed by atoms with Gasteiger partial charge in [-0.3, -0.25) is 0 Å². The first-order valence-corrected chi connectivity index (χ1v) is 6.08. The van der Waals surface area contributed by atoms with E-state index in [1.807, 2.05) is 26.8 Å². The first-order valence-electron chi connectivity index (χ1n) is 4.95. The monoisotopic (exact) mass is 239 g/mol. The zero-order valence-corrected chi connectivity index (χ0v) is 10.6. The lowest BCUT2D eigenvalue weighted by molar-refractivity contribution is 0.404. The van der Waals surface area contributed by atoms with Gasteiger partial charge in [-0.25, -0.2) is 4.52 Å². The standard InChI is InChI=1S/C12H15O3P/c1-5-9-6-7-11(15-16(13)14)10(8-9)12(2,3)4/h5-8H,1H2,2-4H3/p+1. The molecule has 0 radical (unpaired) electrons. The lowest BCUT2D eigenvalue weighted by atomic mass is 9.85. The molecule has 1 atom stereocenters. The fourth-order valence-corrected chi connectivity index (χ4v) is 1.75. The number of benzene rings is 1. The van der Waals surface area contributed by atoms with Crippen molar-refractivity contribution in [2.45, 2.75) is 26.2 Å². The van der Waals surface area contributed by atoms with Gasteiger partial charge in [0.1, 0.15) is 0 Å². The highest BCUT2D eigenvalue weighted by Crippen LogP contribution is 2.35. The second-order valence-electron chi connectivity index (χ2n) is 4.54. The summed E-state index contributed by atoms with van der Waals surface area (Å²) in [4.78, 5) is 8.79. The minimum absolute atomic E-state index is 0.153. The lowest BCUT2D eigenvalue weighted by Crippen LogP contribution is -2.12. The SMILES string of the molecule is C=Cc1ccc(O[P+](=O)O)c(C(C)(C)C)c1. The fourth-order valence-electron chi connectivity index (χ4n) is 1.42. The molecule has 1 unspecified atom stereocenters. The van der Waals surface area contributed by atoms with Gasteiger partial charge in [0, 0.05) is 10.1 Å². The summed E-state index contributed by atoms with van der Waals surface area (Å²) in [5, 5.41) is 0. The van der Waals surface area contributed by atoms with E-state index in [2.05, 4.69) is 6.58 Å². The maximum atomic E-state index is 10.7. The summed E-state index contributed by atoms with van der Waals surface area (Å²) >= 11 is 0. The highest BCUT2D eigenvalue weighted by Gasteiger charge is 2.24. The van der Waals surface area contributed by atoms with Crippen LogP contribution in [0.4, 0.5) is 0 Å². The predicted octanol–water partition coefficient (Wildman–Crippen LogP) is 3.66. The third kappa shape index (κ3) is 3.16. The largest absolute Gasteiger partial charge is 0.747 e. The molecule has 1 aromatic rings. The van der Waals surface area contributed by atoms with Crippen molar-refractivity contribution < 1.29 is 14.0 Å². The average molecular weight is 239 g/mol. The first-order chi connectivity index (χ1) is 7.34. The Hall–Kier alpha value is -1.18. The van der Waals surface area contributed by atoms with Crippen molar-refractivity contribution in [2.75, 3.05) is 0 Å². The Balaban J connectivity index is 3.27. The third-order valence-corrected chi connectivity index (χ3v) is 2.58. The zero-order chi connectivity index (χ0) is 12.3. The second kappa shape index (κ2) is 4.77. The Kier molecular flexibility index (Phi) is 3.84. The van der Waals surface area contributed by atoms with E-state index in [-0.39, 0.29) is 5.41 Å². The van der Waals surface area contributed by atoms with E-state index < -0.39 is 8.25 Å². The molecule has 0 heterocycles. The van der Waals surface area contributed by atoms with Crippen molar-refractivity contribution in [2.24, 2.45) is 0 Å². The molecule has 3 nitrogen and oxygen atoms in total. The van der Waals surface area contributed by atoms with Crippen molar-refractivity contribution in [1.82, 2.24) is 0 Å². The maximum absolute atomic E-state index is 10.7. The van der Waals surface area contributed by atoms with Crippen LogP contribution in [0, 0.1) is 0 Å². The summed E-state index contributed by atoms with van der Waals surface area (Å²) < 4.78 is 15.6. The summed E-state index contributed by atoms with van der Waals surface area (Å²) in [6, 6.07) is 5.42. The van der Waals surface area contributed by atoms with Crippen LogP contribution in [-0.4, -0.2) is 4.89 Å². The zero-order valence-electron chi connectivity index (χ0n) is 9.73. The van der Waals surface area contributed by atoms with Gasteiger partial charge in [0.05, 0.1) is 0 Å². The molecule has 1 N–H and O–H groups in total. The highest BCUT2D eigenvalue weighted by molar-refractivity contribution is 7.32. The molecule has 0 aromatic heterocycles. The Morgan fingerprint density at radius 1 is 1.44 bits per heavy atom. The molecule has 0 aliphatic heterocycles. The van der Waals surface area contributed by atoms with Gasteiger partial charge in [-0.15, -0.1) is 4.89 Å². The molecule has 86 valence electrons. The van der Waals surface area contributed by atoms with Crippen molar-refractivity contribution in [1.29, 1.82) is 0 Å². The van der Waals surface area contributed by atoms with Crippen LogP contribution in [0.3, 0.4) is 0 Å². The molecule has 0 spiro atoms. The van der Waals surface area contributed by atoms with E-state index >= 15 is 0 Å². The fraction of sp³-hybridized carbons (Fsp3) is 0.333. The molecule has 0 saturated carbocycles. The number of hydrogen-bond donors (Lipinski definition) is 1. The quantitative estimate of drug-likeness (QED) is 0.819. The van der Waals surface area contributed by atoms with Gasteiger partial charge in [0.25, 0.3) is 0 Å². The Morgan fingerprint density at radius 2 is 2.06 bits per heavy atom. The smallest absolute Gasteiger partial charge is 0.229 e. The van der Waals surface area contributed by atoms with E-state index in [0.717, 1.165) is 11.1 Å². The van der Waals surface area contributed by atoms with Crippen LogP contribution in [0.2, 0.25) is 0 Å². The molecular weight excluding hydrogens is 223 g/mol. The van der Waals surface area contributed by atoms with Crippen LogP contribution >= 0.6 is 8.25 Å². The van der Waals surface area contributed by atoms with Gasteiger partial charge in [-0.1, -0.05) is 39.5 Å². The third-order valence-electron chi connectivity index (χ3n) is 2.22. The van der Waals surface area contributed by atoms with Gasteiger partial charge in [0.2, 0.25) is 0 Å². The van der Waals surface area contributed by atoms with Gasteiger partial charge in [-0.2, -0.15) is 0 Å². The Labute approximate surface area is 96.7 Å². The van der Waals surface area contributed by atoms with Crippen LogP contribution in [0.5, 0.6) is 5.75 Å². The predicted molar refractivity (Wildman–Crippen MR) is 65.7 cm³/mol. The maximum Gasteiger partial charge on any atom is 0.747 e. The Morgan fingerprint density at radius 3 is 2.50 bits per heavy atom. The highest BCUT2D eigenvalue weighted by atomic mass is 31.1.